The lowest BCUT2D eigenvalue weighted by atomic mass is 10.3. The van der Waals surface area contributed by atoms with Crippen LogP contribution >= 0.6 is 0 Å². The largest absolute Gasteiger partial charge is 0.470 e. The topological polar surface area (TPSA) is 55.3 Å². The molecular weight excluding hydrogens is 273 g/mol. The third kappa shape index (κ3) is 3.77. The number of ether oxygens (including phenoxy) is 1. The van der Waals surface area contributed by atoms with Crippen LogP contribution in [0.25, 0.3) is 0 Å². The maximum absolute atomic E-state index is 14.0. The second-order valence-corrected chi connectivity index (χ2v) is 4.99. The van der Waals surface area contributed by atoms with Gasteiger partial charge in [-0.05, 0) is 12.8 Å². The van der Waals surface area contributed by atoms with E-state index in [2.05, 4.69) is 16.5 Å². The number of hydrogen-bond acceptors (Lipinski definition) is 4. The van der Waals surface area contributed by atoms with Gasteiger partial charge in [0.2, 0.25) is 11.7 Å². The zero-order chi connectivity index (χ0) is 15.2. The Kier molecular flexibility index (Phi) is 5.25. The zero-order valence-electron chi connectivity index (χ0n) is 12.2. The first-order chi connectivity index (χ1) is 10.2. The summed E-state index contributed by atoms with van der Waals surface area (Å²) in [5.41, 5.74) is 0.344. The van der Waals surface area contributed by atoms with Crippen LogP contribution in [0.2, 0.25) is 0 Å². The van der Waals surface area contributed by atoms with Gasteiger partial charge in [-0.1, -0.05) is 13.0 Å². The van der Waals surface area contributed by atoms with Crippen LogP contribution in [0.3, 0.4) is 0 Å². The molecule has 0 saturated carbocycles. The van der Waals surface area contributed by atoms with Crippen LogP contribution in [0.4, 0.5) is 4.39 Å². The predicted molar refractivity (Wildman–Crippen MR) is 76.4 cm³/mol. The number of aromatic nitrogens is 2. The van der Waals surface area contributed by atoms with Gasteiger partial charge in [0.05, 0.1) is 12.2 Å². The number of aryl methyl sites for hydroxylation is 1. The number of carbonyl (C=O) groups excluding carboxylic acids is 1. The fraction of sp³-hybridized carbons (Fsp3) is 0.533. The molecule has 114 valence electrons. The standard InChI is InChI=1S/C15H20FN3O2/c1-3-5-6-13(20)19-8-7-11(9-19)21-15-14(16)12(4-2)17-10-18-15/h3,10-11H,1,4-9H2,2H3. The second kappa shape index (κ2) is 7.15. The first-order valence-electron chi connectivity index (χ1n) is 7.20. The molecule has 1 saturated heterocycles. The Bertz CT molecular complexity index is 522. The van der Waals surface area contributed by atoms with Gasteiger partial charge in [0.15, 0.2) is 0 Å². The van der Waals surface area contributed by atoms with Gasteiger partial charge >= 0.3 is 0 Å². The minimum absolute atomic E-state index is 0.0211. The normalized spacial score (nSPS) is 17.8. The van der Waals surface area contributed by atoms with E-state index in [0.717, 1.165) is 0 Å². The number of carbonyl (C=O) groups is 1. The molecule has 2 heterocycles. The number of allylic oxidation sites excluding steroid dienone is 1. The van der Waals surface area contributed by atoms with E-state index in [9.17, 15) is 9.18 Å². The average Bonchev–Trinajstić information content (AvgIpc) is 2.95. The van der Waals surface area contributed by atoms with Crippen molar-refractivity contribution in [2.45, 2.75) is 38.7 Å². The molecule has 1 amide bonds. The van der Waals surface area contributed by atoms with E-state index in [-0.39, 0.29) is 17.9 Å². The van der Waals surface area contributed by atoms with Crippen LogP contribution in [-0.2, 0) is 11.2 Å². The minimum Gasteiger partial charge on any atom is -0.470 e. The van der Waals surface area contributed by atoms with Crippen molar-refractivity contribution < 1.29 is 13.9 Å². The van der Waals surface area contributed by atoms with Gasteiger partial charge in [0.25, 0.3) is 5.88 Å². The highest BCUT2D eigenvalue weighted by Crippen LogP contribution is 2.21. The van der Waals surface area contributed by atoms with Crippen molar-refractivity contribution >= 4 is 5.91 Å². The van der Waals surface area contributed by atoms with Gasteiger partial charge in [0, 0.05) is 19.4 Å². The fourth-order valence-corrected chi connectivity index (χ4v) is 2.31. The zero-order valence-corrected chi connectivity index (χ0v) is 12.2. The SMILES string of the molecule is C=CCCC(=O)N1CCC(Oc2ncnc(CC)c2F)C1. The van der Waals surface area contributed by atoms with Gasteiger partial charge in [0.1, 0.15) is 12.4 Å². The molecule has 5 nitrogen and oxygen atoms in total. The van der Waals surface area contributed by atoms with E-state index in [0.29, 0.717) is 44.5 Å². The molecule has 1 aromatic heterocycles. The lowest BCUT2D eigenvalue weighted by Gasteiger charge is -2.17. The molecule has 0 N–H and O–H groups in total. The van der Waals surface area contributed by atoms with Gasteiger partial charge in [-0.2, -0.15) is 9.37 Å². The quantitative estimate of drug-likeness (QED) is 0.754. The summed E-state index contributed by atoms with van der Waals surface area (Å²) in [6, 6.07) is 0. The maximum Gasteiger partial charge on any atom is 0.254 e. The monoisotopic (exact) mass is 293 g/mol. The first kappa shape index (κ1) is 15.4. The summed E-state index contributed by atoms with van der Waals surface area (Å²) in [6.07, 6.45) is 5.11. The summed E-state index contributed by atoms with van der Waals surface area (Å²) in [7, 11) is 0. The Morgan fingerprint density at radius 2 is 2.43 bits per heavy atom. The van der Waals surface area contributed by atoms with Crippen LogP contribution < -0.4 is 4.74 Å². The fourth-order valence-electron chi connectivity index (χ4n) is 2.31. The molecular formula is C15H20FN3O2. The third-order valence-corrected chi connectivity index (χ3v) is 3.50. The first-order valence-corrected chi connectivity index (χ1v) is 7.20. The van der Waals surface area contributed by atoms with Crippen molar-refractivity contribution in [3.05, 3.63) is 30.5 Å². The van der Waals surface area contributed by atoms with Gasteiger partial charge in [-0.15, -0.1) is 6.58 Å². The Labute approximate surface area is 123 Å². The number of amides is 1. The number of hydrogen-bond donors (Lipinski definition) is 0. The van der Waals surface area contributed by atoms with E-state index in [1.807, 2.05) is 6.92 Å². The van der Waals surface area contributed by atoms with Crippen LogP contribution in [0.5, 0.6) is 5.88 Å². The van der Waals surface area contributed by atoms with Crippen LogP contribution in [-0.4, -0.2) is 40.0 Å². The number of halogens is 1. The van der Waals surface area contributed by atoms with Crippen molar-refractivity contribution in [3.63, 3.8) is 0 Å². The smallest absolute Gasteiger partial charge is 0.254 e. The summed E-state index contributed by atoms with van der Waals surface area (Å²) in [5.74, 6) is -0.443. The van der Waals surface area contributed by atoms with Gasteiger partial charge < -0.3 is 9.64 Å². The summed E-state index contributed by atoms with van der Waals surface area (Å²) >= 11 is 0. The molecule has 0 aromatic carbocycles. The van der Waals surface area contributed by atoms with E-state index >= 15 is 0 Å². The van der Waals surface area contributed by atoms with Gasteiger partial charge in [-0.3, -0.25) is 4.79 Å². The molecule has 0 radical (unpaired) electrons. The molecule has 21 heavy (non-hydrogen) atoms. The molecule has 1 atom stereocenters. The molecule has 0 aliphatic carbocycles. The molecule has 1 unspecified atom stereocenters. The molecule has 0 spiro atoms. The Morgan fingerprint density at radius 3 is 3.14 bits per heavy atom. The molecule has 2 rings (SSSR count). The maximum atomic E-state index is 14.0. The van der Waals surface area contributed by atoms with E-state index < -0.39 is 5.82 Å². The summed E-state index contributed by atoms with van der Waals surface area (Å²) < 4.78 is 19.6. The van der Waals surface area contributed by atoms with Crippen molar-refractivity contribution in [1.82, 2.24) is 14.9 Å². The van der Waals surface area contributed by atoms with Gasteiger partial charge in [-0.25, -0.2) is 4.98 Å². The number of likely N-dealkylation sites (tertiary alicyclic amines) is 1. The van der Waals surface area contributed by atoms with E-state index in [1.54, 1.807) is 11.0 Å². The highest BCUT2D eigenvalue weighted by atomic mass is 19.1. The molecule has 1 fully saturated rings. The molecule has 0 bridgehead atoms. The van der Waals surface area contributed by atoms with E-state index in [1.165, 1.54) is 6.33 Å². The number of nitrogens with zero attached hydrogens (tertiary/aromatic N) is 3. The molecule has 1 aromatic rings. The van der Waals surface area contributed by atoms with Crippen LogP contribution in [0, 0.1) is 5.82 Å². The Hall–Kier alpha value is -1.98. The highest BCUT2D eigenvalue weighted by molar-refractivity contribution is 5.76. The Balaban J connectivity index is 1.94. The third-order valence-electron chi connectivity index (χ3n) is 3.50. The summed E-state index contributed by atoms with van der Waals surface area (Å²) in [4.78, 5) is 21.4. The second-order valence-electron chi connectivity index (χ2n) is 4.99. The van der Waals surface area contributed by atoms with Crippen LogP contribution in [0.1, 0.15) is 31.9 Å². The lowest BCUT2D eigenvalue weighted by Crippen LogP contribution is -2.30. The molecule has 1 aliphatic rings. The van der Waals surface area contributed by atoms with E-state index in [4.69, 9.17) is 4.74 Å². The minimum atomic E-state index is -0.503. The lowest BCUT2D eigenvalue weighted by molar-refractivity contribution is -0.130. The summed E-state index contributed by atoms with van der Waals surface area (Å²) in [6.45, 7) is 6.53. The van der Waals surface area contributed by atoms with Crippen molar-refractivity contribution in [1.29, 1.82) is 0 Å². The summed E-state index contributed by atoms with van der Waals surface area (Å²) in [5, 5.41) is 0. The van der Waals surface area contributed by atoms with Crippen molar-refractivity contribution in [2.75, 3.05) is 13.1 Å². The average molecular weight is 293 g/mol. The Morgan fingerprint density at radius 1 is 1.62 bits per heavy atom. The van der Waals surface area contributed by atoms with Crippen molar-refractivity contribution in [2.24, 2.45) is 0 Å². The highest BCUT2D eigenvalue weighted by Gasteiger charge is 2.28. The van der Waals surface area contributed by atoms with Crippen molar-refractivity contribution in [3.8, 4) is 5.88 Å². The molecule has 6 heteroatoms. The number of rotatable bonds is 6. The van der Waals surface area contributed by atoms with Crippen LogP contribution in [0.15, 0.2) is 19.0 Å². The predicted octanol–water partition coefficient (Wildman–Crippen LogP) is 2.12. The molecule has 1 aliphatic heterocycles.